The zero-order chi connectivity index (χ0) is 20.1. The first kappa shape index (κ1) is 20.4. The standard InChI is InChI=1S/C25H26ClFO/c1-18-6-4-8-22(16-18)28-24-17-19(9-14-23(24)27)7-5-15-25(2,3)20-10-12-21(26)13-11-20/h4,6,8-14,16-17H,5,7,15H2,1-3H3. The van der Waals surface area contributed by atoms with Crippen LogP contribution in [0.25, 0.3) is 0 Å². The van der Waals surface area contributed by atoms with Gasteiger partial charge in [-0.15, -0.1) is 0 Å². The fraction of sp³-hybridized carbons (Fsp3) is 0.280. The number of hydrogen-bond acceptors (Lipinski definition) is 1. The molecule has 0 saturated heterocycles. The SMILES string of the molecule is Cc1cccc(Oc2cc(CCCC(C)(C)c3ccc(Cl)cc3)ccc2F)c1. The summed E-state index contributed by atoms with van der Waals surface area (Å²) in [7, 11) is 0. The van der Waals surface area contributed by atoms with E-state index < -0.39 is 0 Å². The third kappa shape index (κ3) is 5.36. The summed E-state index contributed by atoms with van der Waals surface area (Å²) in [5.74, 6) is 0.590. The van der Waals surface area contributed by atoms with Crippen LogP contribution in [0.4, 0.5) is 4.39 Å². The Morgan fingerprint density at radius 2 is 1.71 bits per heavy atom. The van der Waals surface area contributed by atoms with Crippen LogP contribution < -0.4 is 4.74 Å². The third-order valence-corrected chi connectivity index (χ3v) is 5.36. The van der Waals surface area contributed by atoms with E-state index in [1.165, 1.54) is 11.6 Å². The molecule has 0 fully saturated rings. The molecule has 0 aliphatic rings. The summed E-state index contributed by atoms with van der Waals surface area (Å²) in [6.07, 6.45) is 2.91. The molecule has 0 radical (unpaired) electrons. The lowest BCUT2D eigenvalue weighted by atomic mass is 9.80. The van der Waals surface area contributed by atoms with E-state index >= 15 is 0 Å². The van der Waals surface area contributed by atoms with E-state index in [9.17, 15) is 4.39 Å². The van der Waals surface area contributed by atoms with Crippen LogP contribution in [0.3, 0.4) is 0 Å². The molecule has 0 N–H and O–H groups in total. The van der Waals surface area contributed by atoms with Gasteiger partial charge in [0, 0.05) is 5.02 Å². The van der Waals surface area contributed by atoms with Crippen molar-refractivity contribution in [1.82, 2.24) is 0 Å². The molecular weight excluding hydrogens is 371 g/mol. The minimum Gasteiger partial charge on any atom is -0.454 e. The van der Waals surface area contributed by atoms with Crippen molar-refractivity contribution in [3.8, 4) is 11.5 Å². The van der Waals surface area contributed by atoms with Crippen molar-refractivity contribution in [3.05, 3.63) is 94.3 Å². The van der Waals surface area contributed by atoms with E-state index in [0.717, 1.165) is 35.4 Å². The normalized spacial score (nSPS) is 11.5. The van der Waals surface area contributed by atoms with Crippen molar-refractivity contribution < 1.29 is 9.13 Å². The number of aryl methyl sites for hydroxylation is 2. The van der Waals surface area contributed by atoms with Gasteiger partial charge in [0.15, 0.2) is 11.6 Å². The van der Waals surface area contributed by atoms with Gasteiger partial charge in [-0.2, -0.15) is 0 Å². The summed E-state index contributed by atoms with van der Waals surface area (Å²) in [5.41, 5.74) is 3.50. The maximum Gasteiger partial charge on any atom is 0.165 e. The highest BCUT2D eigenvalue weighted by atomic mass is 35.5. The molecule has 0 spiro atoms. The summed E-state index contributed by atoms with van der Waals surface area (Å²) >= 11 is 6.00. The number of ether oxygens (including phenoxy) is 1. The van der Waals surface area contributed by atoms with Crippen LogP contribution in [0.2, 0.25) is 5.02 Å². The van der Waals surface area contributed by atoms with Gasteiger partial charge in [0.1, 0.15) is 5.75 Å². The van der Waals surface area contributed by atoms with Crippen molar-refractivity contribution in [2.75, 3.05) is 0 Å². The number of hydrogen-bond donors (Lipinski definition) is 0. The van der Waals surface area contributed by atoms with Crippen LogP contribution in [0.5, 0.6) is 11.5 Å². The summed E-state index contributed by atoms with van der Waals surface area (Å²) in [5, 5.41) is 0.756. The van der Waals surface area contributed by atoms with Gasteiger partial charge in [-0.1, -0.05) is 55.8 Å². The molecule has 1 nitrogen and oxygen atoms in total. The molecule has 0 unspecified atom stereocenters. The zero-order valence-electron chi connectivity index (χ0n) is 16.6. The van der Waals surface area contributed by atoms with Crippen molar-refractivity contribution in [1.29, 1.82) is 0 Å². The Kier molecular flexibility index (Phi) is 6.41. The largest absolute Gasteiger partial charge is 0.454 e. The molecule has 28 heavy (non-hydrogen) atoms. The average Bonchev–Trinajstić information content (AvgIpc) is 2.65. The molecule has 0 atom stereocenters. The molecule has 0 saturated carbocycles. The zero-order valence-corrected chi connectivity index (χ0v) is 17.4. The van der Waals surface area contributed by atoms with Crippen molar-refractivity contribution in [2.45, 2.75) is 45.4 Å². The highest BCUT2D eigenvalue weighted by molar-refractivity contribution is 6.30. The Balaban J connectivity index is 1.64. The lowest BCUT2D eigenvalue weighted by Crippen LogP contribution is -2.17. The van der Waals surface area contributed by atoms with Crippen LogP contribution in [0.1, 0.15) is 43.4 Å². The minimum absolute atomic E-state index is 0.0610. The molecule has 0 aliphatic heterocycles. The minimum atomic E-state index is -0.341. The average molecular weight is 397 g/mol. The van der Waals surface area contributed by atoms with Crippen LogP contribution in [-0.4, -0.2) is 0 Å². The van der Waals surface area contributed by atoms with E-state index in [1.807, 2.05) is 55.5 Å². The summed E-state index contributed by atoms with van der Waals surface area (Å²) in [6, 6.07) is 20.8. The van der Waals surface area contributed by atoms with E-state index in [2.05, 4.69) is 26.0 Å². The van der Waals surface area contributed by atoms with E-state index in [4.69, 9.17) is 16.3 Å². The van der Waals surface area contributed by atoms with Crippen LogP contribution >= 0.6 is 11.6 Å². The highest BCUT2D eigenvalue weighted by Crippen LogP contribution is 2.31. The molecule has 3 heteroatoms. The molecule has 0 amide bonds. The molecule has 0 aromatic heterocycles. The maximum absolute atomic E-state index is 14.2. The van der Waals surface area contributed by atoms with Crippen LogP contribution in [0, 0.1) is 12.7 Å². The fourth-order valence-corrected chi connectivity index (χ4v) is 3.49. The topological polar surface area (TPSA) is 9.23 Å². The lowest BCUT2D eigenvalue weighted by molar-refractivity contribution is 0.439. The van der Waals surface area contributed by atoms with E-state index in [1.54, 1.807) is 0 Å². The molecular formula is C25H26ClFO. The second-order valence-electron chi connectivity index (χ2n) is 7.93. The summed E-state index contributed by atoms with van der Waals surface area (Å²) < 4.78 is 20.0. The quantitative estimate of drug-likeness (QED) is 0.394. The smallest absolute Gasteiger partial charge is 0.165 e. The molecule has 0 heterocycles. The van der Waals surface area contributed by atoms with Gasteiger partial charge in [0.25, 0.3) is 0 Å². The van der Waals surface area contributed by atoms with Gasteiger partial charge in [-0.25, -0.2) is 4.39 Å². The van der Waals surface area contributed by atoms with E-state index in [0.29, 0.717) is 5.75 Å². The van der Waals surface area contributed by atoms with Crippen molar-refractivity contribution in [3.63, 3.8) is 0 Å². The predicted molar refractivity (Wildman–Crippen MR) is 115 cm³/mol. The molecule has 146 valence electrons. The molecule has 3 rings (SSSR count). The number of halogens is 2. The first-order chi connectivity index (χ1) is 13.3. The van der Waals surface area contributed by atoms with Crippen LogP contribution in [-0.2, 0) is 11.8 Å². The molecule has 0 aliphatic carbocycles. The maximum atomic E-state index is 14.2. The second-order valence-corrected chi connectivity index (χ2v) is 8.36. The Morgan fingerprint density at radius 1 is 0.964 bits per heavy atom. The molecule has 3 aromatic rings. The number of rotatable bonds is 7. The van der Waals surface area contributed by atoms with Crippen molar-refractivity contribution >= 4 is 11.6 Å². The van der Waals surface area contributed by atoms with Crippen molar-refractivity contribution in [2.24, 2.45) is 0 Å². The molecule has 3 aromatic carbocycles. The van der Waals surface area contributed by atoms with Gasteiger partial charge in [0.2, 0.25) is 0 Å². The fourth-order valence-electron chi connectivity index (χ4n) is 3.37. The van der Waals surface area contributed by atoms with Gasteiger partial charge in [-0.3, -0.25) is 0 Å². The Hall–Kier alpha value is -2.32. The summed E-state index contributed by atoms with van der Waals surface area (Å²) in [6.45, 7) is 6.47. The van der Waals surface area contributed by atoms with Gasteiger partial charge in [-0.05, 0) is 84.7 Å². The van der Waals surface area contributed by atoms with Gasteiger partial charge < -0.3 is 4.74 Å². The van der Waals surface area contributed by atoms with Gasteiger partial charge in [0.05, 0.1) is 0 Å². The Bertz CT molecular complexity index is 932. The first-order valence-electron chi connectivity index (χ1n) is 9.62. The highest BCUT2D eigenvalue weighted by Gasteiger charge is 2.20. The monoisotopic (exact) mass is 396 g/mol. The third-order valence-electron chi connectivity index (χ3n) is 5.11. The Labute approximate surface area is 172 Å². The van der Waals surface area contributed by atoms with E-state index in [-0.39, 0.29) is 17.0 Å². The Morgan fingerprint density at radius 3 is 2.43 bits per heavy atom. The second kappa shape index (κ2) is 8.79. The van der Waals surface area contributed by atoms with Crippen LogP contribution in [0.15, 0.2) is 66.7 Å². The lowest BCUT2D eigenvalue weighted by Gasteiger charge is -2.25. The summed E-state index contributed by atoms with van der Waals surface area (Å²) in [4.78, 5) is 0. The molecule has 0 bridgehead atoms. The first-order valence-corrected chi connectivity index (χ1v) is 10.0. The predicted octanol–water partition coefficient (Wildman–Crippen LogP) is 7.88. The number of benzene rings is 3. The van der Waals surface area contributed by atoms with Gasteiger partial charge >= 0.3 is 0 Å².